The second kappa shape index (κ2) is 8.68. The second-order valence-electron chi connectivity index (χ2n) is 6.60. The molecule has 1 N–H and O–H groups in total. The molecule has 1 amide bonds. The van der Waals surface area contributed by atoms with Crippen molar-refractivity contribution in [1.29, 1.82) is 0 Å². The monoisotopic (exact) mass is 368 g/mol. The molecule has 27 heavy (non-hydrogen) atoms. The Bertz CT molecular complexity index is 783. The zero-order chi connectivity index (χ0) is 19.2. The van der Waals surface area contributed by atoms with Gasteiger partial charge in [-0.05, 0) is 54.8 Å². The molecule has 1 fully saturated rings. The molecular weight excluding hydrogens is 344 g/mol. The summed E-state index contributed by atoms with van der Waals surface area (Å²) in [6.07, 6.45) is 2.24. The van der Waals surface area contributed by atoms with Crippen molar-refractivity contribution in [1.82, 2.24) is 4.90 Å². The van der Waals surface area contributed by atoms with Crippen LogP contribution in [0.4, 0.5) is 5.69 Å². The van der Waals surface area contributed by atoms with Crippen molar-refractivity contribution in [3.05, 3.63) is 59.7 Å². The van der Waals surface area contributed by atoms with Crippen molar-refractivity contribution >= 4 is 17.6 Å². The van der Waals surface area contributed by atoms with Crippen LogP contribution in [0, 0.1) is 0 Å². The predicted octanol–water partition coefficient (Wildman–Crippen LogP) is 3.08. The van der Waals surface area contributed by atoms with Gasteiger partial charge in [-0.2, -0.15) is 0 Å². The van der Waals surface area contributed by atoms with E-state index >= 15 is 0 Å². The summed E-state index contributed by atoms with van der Waals surface area (Å²) in [5, 5.41) is 2.89. The number of carbonyl (C=O) groups excluding carboxylic acids is 2. The molecule has 0 unspecified atom stereocenters. The number of rotatable bonds is 8. The van der Waals surface area contributed by atoms with E-state index in [2.05, 4.69) is 15.0 Å². The first kappa shape index (κ1) is 18.9. The molecule has 1 aliphatic carbocycles. The van der Waals surface area contributed by atoms with E-state index in [0.29, 0.717) is 23.8 Å². The molecule has 0 bridgehead atoms. The highest BCUT2D eigenvalue weighted by atomic mass is 16.5. The maximum atomic E-state index is 12.5. The van der Waals surface area contributed by atoms with Crippen molar-refractivity contribution < 1.29 is 19.1 Å². The minimum atomic E-state index is -0.396. The van der Waals surface area contributed by atoms with Gasteiger partial charge in [0.25, 0.3) is 0 Å². The first-order chi connectivity index (χ1) is 13.1. The topological polar surface area (TPSA) is 67.9 Å². The average molecular weight is 368 g/mol. The molecule has 142 valence electrons. The Hall–Kier alpha value is -2.86. The SMILES string of the molecule is COC(=O)c1ccc(NC(=O)CN(Cc2ccc(OC)cc2)C2CC2)cc1. The van der Waals surface area contributed by atoms with Gasteiger partial charge in [0, 0.05) is 18.3 Å². The van der Waals surface area contributed by atoms with Gasteiger partial charge in [-0.15, -0.1) is 0 Å². The number of hydrogen-bond donors (Lipinski definition) is 1. The molecule has 0 heterocycles. The van der Waals surface area contributed by atoms with Crippen LogP contribution in [0.15, 0.2) is 48.5 Å². The molecule has 3 rings (SSSR count). The first-order valence-electron chi connectivity index (χ1n) is 8.94. The lowest BCUT2D eigenvalue weighted by atomic mass is 10.2. The van der Waals surface area contributed by atoms with Crippen molar-refractivity contribution in [3.8, 4) is 5.75 Å². The molecule has 6 nitrogen and oxygen atoms in total. The fourth-order valence-corrected chi connectivity index (χ4v) is 2.91. The summed E-state index contributed by atoms with van der Waals surface area (Å²) in [4.78, 5) is 26.1. The van der Waals surface area contributed by atoms with Crippen LogP contribution in [0.25, 0.3) is 0 Å². The smallest absolute Gasteiger partial charge is 0.337 e. The van der Waals surface area contributed by atoms with Crippen LogP contribution in [-0.4, -0.2) is 43.6 Å². The van der Waals surface area contributed by atoms with Gasteiger partial charge < -0.3 is 14.8 Å². The quantitative estimate of drug-likeness (QED) is 0.725. The number of amides is 1. The summed E-state index contributed by atoms with van der Waals surface area (Å²) >= 11 is 0. The predicted molar refractivity (Wildman–Crippen MR) is 103 cm³/mol. The molecule has 0 spiro atoms. The molecule has 0 atom stereocenters. The molecule has 1 aliphatic rings. The fraction of sp³-hybridized carbons (Fsp3) is 0.333. The zero-order valence-corrected chi connectivity index (χ0v) is 15.6. The third-order valence-corrected chi connectivity index (χ3v) is 4.54. The summed E-state index contributed by atoms with van der Waals surface area (Å²) in [5.74, 6) is 0.360. The van der Waals surface area contributed by atoms with E-state index in [-0.39, 0.29) is 5.91 Å². The molecular formula is C21H24N2O4. The number of anilines is 1. The van der Waals surface area contributed by atoms with Gasteiger partial charge in [0.15, 0.2) is 0 Å². The van der Waals surface area contributed by atoms with Gasteiger partial charge >= 0.3 is 5.97 Å². The molecule has 2 aromatic carbocycles. The average Bonchev–Trinajstić information content (AvgIpc) is 3.53. The highest BCUT2D eigenvalue weighted by Crippen LogP contribution is 2.28. The van der Waals surface area contributed by atoms with Crippen LogP contribution in [0.2, 0.25) is 0 Å². The molecule has 0 radical (unpaired) electrons. The maximum Gasteiger partial charge on any atom is 0.337 e. The van der Waals surface area contributed by atoms with Gasteiger partial charge in [-0.1, -0.05) is 12.1 Å². The van der Waals surface area contributed by atoms with Gasteiger partial charge in [-0.3, -0.25) is 9.69 Å². The largest absolute Gasteiger partial charge is 0.497 e. The Balaban J connectivity index is 1.57. The zero-order valence-electron chi connectivity index (χ0n) is 15.6. The standard InChI is InChI=1S/C21H24N2O4/c1-26-19-11-3-15(4-12-19)13-23(18-9-10-18)14-20(24)22-17-7-5-16(6-8-17)21(25)27-2/h3-8,11-12,18H,9-10,13-14H2,1-2H3,(H,22,24). The van der Waals surface area contributed by atoms with E-state index in [4.69, 9.17) is 4.74 Å². The summed E-state index contributed by atoms with van der Waals surface area (Å²) in [6.45, 7) is 1.05. The molecule has 0 aromatic heterocycles. The van der Waals surface area contributed by atoms with E-state index in [1.165, 1.54) is 7.11 Å². The number of methoxy groups -OCH3 is 2. The number of ether oxygens (including phenoxy) is 2. The number of nitrogens with zero attached hydrogens (tertiary/aromatic N) is 1. The third-order valence-electron chi connectivity index (χ3n) is 4.54. The van der Waals surface area contributed by atoms with E-state index in [1.54, 1.807) is 31.4 Å². The number of benzene rings is 2. The van der Waals surface area contributed by atoms with Crippen LogP contribution in [0.5, 0.6) is 5.75 Å². The summed E-state index contributed by atoms with van der Waals surface area (Å²) < 4.78 is 9.86. The highest BCUT2D eigenvalue weighted by Gasteiger charge is 2.30. The van der Waals surface area contributed by atoms with Gasteiger partial charge in [0.2, 0.25) is 5.91 Å². The molecule has 2 aromatic rings. The first-order valence-corrected chi connectivity index (χ1v) is 8.94. The Kier molecular flexibility index (Phi) is 6.08. The minimum Gasteiger partial charge on any atom is -0.497 e. The lowest BCUT2D eigenvalue weighted by Crippen LogP contribution is -2.34. The summed E-state index contributed by atoms with van der Waals surface area (Å²) in [5.41, 5.74) is 2.26. The summed E-state index contributed by atoms with van der Waals surface area (Å²) in [7, 11) is 2.99. The maximum absolute atomic E-state index is 12.5. The second-order valence-corrected chi connectivity index (χ2v) is 6.60. The minimum absolute atomic E-state index is 0.0683. The van der Waals surface area contributed by atoms with Crippen molar-refractivity contribution in [3.63, 3.8) is 0 Å². The van der Waals surface area contributed by atoms with Crippen molar-refractivity contribution in [2.24, 2.45) is 0 Å². The highest BCUT2D eigenvalue weighted by molar-refractivity contribution is 5.94. The third kappa shape index (κ3) is 5.31. The van der Waals surface area contributed by atoms with Crippen LogP contribution >= 0.6 is 0 Å². The van der Waals surface area contributed by atoms with Crippen LogP contribution < -0.4 is 10.1 Å². The number of carbonyl (C=O) groups is 2. The lowest BCUT2D eigenvalue weighted by molar-refractivity contribution is -0.117. The van der Waals surface area contributed by atoms with E-state index < -0.39 is 5.97 Å². The Morgan fingerprint density at radius 1 is 1.04 bits per heavy atom. The van der Waals surface area contributed by atoms with E-state index in [9.17, 15) is 9.59 Å². The van der Waals surface area contributed by atoms with Crippen LogP contribution in [0.1, 0.15) is 28.8 Å². The Labute approximate surface area is 159 Å². The van der Waals surface area contributed by atoms with E-state index in [1.807, 2.05) is 24.3 Å². The number of esters is 1. The Morgan fingerprint density at radius 2 is 1.70 bits per heavy atom. The fourth-order valence-electron chi connectivity index (χ4n) is 2.91. The van der Waals surface area contributed by atoms with Gasteiger partial charge in [-0.25, -0.2) is 4.79 Å². The lowest BCUT2D eigenvalue weighted by Gasteiger charge is -2.21. The molecule has 0 aliphatic heterocycles. The van der Waals surface area contributed by atoms with Crippen LogP contribution in [0.3, 0.4) is 0 Å². The Morgan fingerprint density at radius 3 is 2.26 bits per heavy atom. The number of nitrogens with one attached hydrogen (secondary N) is 1. The van der Waals surface area contributed by atoms with Gasteiger partial charge in [0.1, 0.15) is 5.75 Å². The molecule has 1 saturated carbocycles. The molecule has 0 saturated heterocycles. The summed E-state index contributed by atoms with van der Waals surface area (Å²) in [6, 6.07) is 15.1. The van der Waals surface area contributed by atoms with Crippen molar-refractivity contribution in [2.75, 3.05) is 26.1 Å². The normalized spacial score (nSPS) is 13.3. The van der Waals surface area contributed by atoms with Gasteiger partial charge in [0.05, 0.1) is 26.3 Å². The van der Waals surface area contributed by atoms with Crippen molar-refractivity contribution in [2.45, 2.75) is 25.4 Å². The number of hydrogen-bond acceptors (Lipinski definition) is 5. The molecule has 6 heteroatoms. The van der Waals surface area contributed by atoms with E-state index in [0.717, 1.165) is 30.7 Å². The van der Waals surface area contributed by atoms with Crippen LogP contribution in [-0.2, 0) is 16.1 Å².